The Morgan fingerprint density at radius 3 is 2.49 bits per heavy atom. The molecule has 2 aromatic heterocycles. The number of methoxy groups -OCH3 is 2. The second-order valence-electron chi connectivity index (χ2n) is 20.5. The van der Waals surface area contributed by atoms with Gasteiger partial charge in [-0.1, -0.05) is 52.0 Å². The van der Waals surface area contributed by atoms with Crippen LogP contribution in [-0.2, 0) is 59.4 Å². The van der Waals surface area contributed by atoms with Crippen LogP contribution in [0.25, 0.3) is 33.3 Å². The van der Waals surface area contributed by atoms with E-state index in [-0.39, 0.29) is 43.8 Å². The number of rotatable bonds is 13. The number of hydrogen-bond acceptors (Lipinski definition) is 12. The molecule has 17 nitrogen and oxygen atoms in total. The Kier molecular flexibility index (Phi) is 15.4. The number of hydrogen-bond donors (Lipinski definition) is 4. The molecule has 5 atom stereocenters. The summed E-state index contributed by atoms with van der Waals surface area (Å²) in [6, 6.07) is 17.0. The minimum Gasteiger partial charge on any atom is -0.508 e. The molecule has 3 aromatic carbocycles. The summed E-state index contributed by atoms with van der Waals surface area (Å²) in [5.74, 6) is -2.03. The maximum absolute atomic E-state index is 14.8. The summed E-state index contributed by atoms with van der Waals surface area (Å²) in [4.78, 5) is 78.0. The second kappa shape index (κ2) is 21.5. The number of amides is 4. The summed E-state index contributed by atoms with van der Waals surface area (Å²) >= 11 is 0. The van der Waals surface area contributed by atoms with Crippen molar-refractivity contribution in [1.82, 2.24) is 40.4 Å². The molecular formula is C55H68N8O9. The quantitative estimate of drug-likeness (QED) is 0.0847. The molecule has 0 radical (unpaired) electrons. The van der Waals surface area contributed by atoms with Gasteiger partial charge in [0.05, 0.1) is 38.6 Å². The predicted molar refractivity (Wildman–Crippen MR) is 272 cm³/mol. The Hall–Kier alpha value is -6.82. The van der Waals surface area contributed by atoms with E-state index in [9.17, 15) is 29.1 Å². The van der Waals surface area contributed by atoms with Crippen LogP contribution >= 0.6 is 0 Å². The lowest BCUT2D eigenvalue weighted by Crippen LogP contribution is -2.62. The zero-order valence-electron chi connectivity index (χ0n) is 42.8. The number of pyridine rings is 1. The molecule has 8 rings (SSSR count). The van der Waals surface area contributed by atoms with E-state index in [1.165, 1.54) is 21.9 Å². The SMILES string of the molecule is CCn1c(-c2cnccc2COC)c2c3cc(ccc31)-c1cc(O)cc(c1)C[C@H](NC(=O)[C@H](C(C)C)N(C)C(=O)CN(C)C(=O)[C@H]1N[C@H]1c1ccc(OC)cc1)C(=O)N1CCC[C@H](N1)C(=O)OCC(C)(C)C2. The van der Waals surface area contributed by atoms with Crippen molar-refractivity contribution in [3.05, 3.63) is 101 Å². The van der Waals surface area contributed by atoms with Crippen LogP contribution in [0.4, 0.5) is 0 Å². The molecule has 3 aliphatic heterocycles. The van der Waals surface area contributed by atoms with Gasteiger partial charge in [0, 0.05) is 75.0 Å². The van der Waals surface area contributed by atoms with Crippen LogP contribution in [-0.4, -0.2) is 131 Å². The molecule has 4 amide bonds. The van der Waals surface area contributed by atoms with Crippen molar-refractivity contribution in [3.8, 4) is 33.9 Å². The Balaban J connectivity index is 1.11. The number of aromatic nitrogens is 2. The molecule has 5 aromatic rings. The Bertz CT molecular complexity index is 2840. The number of aromatic hydroxyl groups is 1. The number of esters is 1. The minimum atomic E-state index is -1.20. The fourth-order valence-corrected chi connectivity index (χ4v) is 10.4. The molecule has 4 N–H and O–H groups in total. The number of nitrogens with zero attached hydrogens (tertiary/aromatic N) is 5. The fourth-order valence-electron chi connectivity index (χ4n) is 10.4. The zero-order valence-corrected chi connectivity index (χ0v) is 42.8. The number of carbonyl (C=O) groups is 5. The number of likely N-dealkylation sites (N-methyl/N-ethyl adjacent to an activating group) is 2. The third kappa shape index (κ3) is 11.0. The summed E-state index contributed by atoms with van der Waals surface area (Å²) in [5.41, 5.74) is 10.5. The normalized spacial score (nSPS) is 20.3. The number of phenols is 1. The van der Waals surface area contributed by atoms with Crippen molar-refractivity contribution in [2.45, 2.75) is 104 Å². The smallest absolute Gasteiger partial charge is 0.324 e. The van der Waals surface area contributed by atoms with Gasteiger partial charge in [-0.15, -0.1) is 0 Å². The first kappa shape index (κ1) is 51.5. The highest BCUT2D eigenvalue weighted by Crippen LogP contribution is 2.41. The molecule has 72 heavy (non-hydrogen) atoms. The van der Waals surface area contributed by atoms with Crippen LogP contribution in [0.5, 0.6) is 11.5 Å². The van der Waals surface area contributed by atoms with Gasteiger partial charge in [0.2, 0.25) is 17.7 Å². The highest BCUT2D eigenvalue weighted by molar-refractivity contribution is 5.96. The summed E-state index contributed by atoms with van der Waals surface area (Å²) in [7, 11) is 6.33. The third-order valence-electron chi connectivity index (χ3n) is 14.1. The van der Waals surface area contributed by atoms with Gasteiger partial charge in [0.25, 0.3) is 5.91 Å². The standard InChI is InChI=1S/C55H68N8O9/c1-10-62-45-18-15-35-26-40(45)41(50(62)42-28-56-20-19-36(42)30-70-8)27-55(4,5)31-72-54(69)43-12-11-21-63(59-43)52(67)44(24-33-22-37(35)25-38(64)23-33)57-51(66)49(32(2)3)61(7)46(65)29-60(6)53(68)48-47(58-48)34-13-16-39(71-9)17-14-34/h13-20,22-23,25-26,28,32,43-44,47-49,58-59,64H,10-12,21,24,27,29-31H2,1-9H3,(H,57,66)/t43-,44-,47-,48-,49-/m0/s1. The third-order valence-corrected chi connectivity index (χ3v) is 14.1. The zero-order chi connectivity index (χ0) is 51.6. The average Bonchev–Trinajstić information content (AvgIpc) is 4.11. The fraction of sp³-hybridized carbons (Fsp3) is 0.455. The highest BCUT2D eigenvalue weighted by Gasteiger charge is 2.45. The average molecular weight is 985 g/mol. The van der Waals surface area contributed by atoms with Crippen molar-refractivity contribution >= 4 is 40.5 Å². The number of hydrazine groups is 1. The van der Waals surface area contributed by atoms with Crippen LogP contribution in [0.3, 0.4) is 0 Å². The topological polar surface area (TPSA) is 207 Å². The van der Waals surface area contributed by atoms with Gasteiger partial charge >= 0.3 is 5.97 Å². The molecule has 3 aliphatic rings. The van der Waals surface area contributed by atoms with E-state index < -0.39 is 59.2 Å². The van der Waals surface area contributed by atoms with Crippen LogP contribution in [0, 0.1) is 11.3 Å². The maximum Gasteiger partial charge on any atom is 0.324 e. The minimum absolute atomic E-state index is 0.0260. The van der Waals surface area contributed by atoms with E-state index in [1.54, 1.807) is 39.6 Å². The molecule has 5 heterocycles. The number of benzene rings is 3. The summed E-state index contributed by atoms with van der Waals surface area (Å²) < 4.78 is 19.3. The van der Waals surface area contributed by atoms with Crippen LogP contribution in [0.15, 0.2) is 79.1 Å². The Morgan fingerprint density at radius 2 is 1.78 bits per heavy atom. The number of fused-ring (bicyclic) bond motifs is 6. The summed E-state index contributed by atoms with van der Waals surface area (Å²) in [5, 5.41) is 19.9. The van der Waals surface area contributed by atoms with Gasteiger partial charge in [-0.05, 0) is 108 Å². The van der Waals surface area contributed by atoms with Crippen LogP contribution in [0.2, 0.25) is 0 Å². The van der Waals surface area contributed by atoms with Gasteiger partial charge in [-0.2, -0.15) is 0 Å². The maximum atomic E-state index is 14.8. The second-order valence-corrected chi connectivity index (χ2v) is 20.5. The van der Waals surface area contributed by atoms with Crippen molar-refractivity contribution in [1.29, 1.82) is 0 Å². The lowest BCUT2D eigenvalue weighted by atomic mass is 9.84. The monoisotopic (exact) mass is 985 g/mol. The first-order valence-corrected chi connectivity index (χ1v) is 24.8. The Labute approximate surface area is 421 Å². The number of cyclic esters (lactones) is 1. The van der Waals surface area contributed by atoms with Crippen molar-refractivity contribution in [3.63, 3.8) is 0 Å². The molecule has 2 fully saturated rings. The lowest BCUT2D eigenvalue weighted by Gasteiger charge is -2.37. The van der Waals surface area contributed by atoms with Crippen molar-refractivity contribution in [2.75, 3.05) is 48.0 Å². The molecule has 382 valence electrons. The number of nitrogens with one attached hydrogen (secondary N) is 3. The molecule has 0 saturated carbocycles. The summed E-state index contributed by atoms with van der Waals surface area (Å²) in [6.45, 7) is 11.0. The first-order chi connectivity index (χ1) is 34.4. The van der Waals surface area contributed by atoms with Crippen LogP contribution in [0.1, 0.15) is 75.8 Å². The van der Waals surface area contributed by atoms with Gasteiger partial charge < -0.3 is 39.0 Å². The largest absolute Gasteiger partial charge is 0.508 e. The molecule has 17 heteroatoms. The molecule has 0 aliphatic carbocycles. The van der Waals surface area contributed by atoms with E-state index >= 15 is 0 Å². The number of aryl methyl sites for hydroxylation is 1. The van der Waals surface area contributed by atoms with Gasteiger partial charge in [0.15, 0.2) is 0 Å². The molecule has 6 bridgehead atoms. The van der Waals surface area contributed by atoms with Crippen LogP contribution < -0.4 is 20.8 Å². The van der Waals surface area contributed by atoms with E-state index in [0.29, 0.717) is 49.3 Å². The first-order valence-electron chi connectivity index (χ1n) is 24.8. The molecular weight excluding hydrogens is 917 g/mol. The molecule has 2 saturated heterocycles. The number of carbonyl (C=O) groups excluding carboxylic acids is 5. The van der Waals surface area contributed by atoms with Gasteiger partial charge in [0.1, 0.15) is 35.7 Å². The Morgan fingerprint density at radius 1 is 1.01 bits per heavy atom. The molecule has 0 spiro atoms. The molecule has 0 unspecified atom stereocenters. The number of ether oxygens (including phenoxy) is 3. The van der Waals surface area contributed by atoms with E-state index in [4.69, 9.17) is 14.2 Å². The van der Waals surface area contributed by atoms with Crippen molar-refractivity contribution < 1.29 is 43.3 Å². The number of phenolic OH excluding ortho intramolecular Hbond substituents is 1. The lowest BCUT2D eigenvalue weighted by molar-refractivity contribution is -0.155. The van der Waals surface area contributed by atoms with Crippen molar-refractivity contribution in [2.24, 2.45) is 11.3 Å². The van der Waals surface area contributed by atoms with E-state index in [0.717, 1.165) is 44.4 Å². The van der Waals surface area contributed by atoms with Gasteiger partial charge in [-0.25, -0.2) is 5.43 Å². The summed E-state index contributed by atoms with van der Waals surface area (Å²) in [6.07, 6.45) is 5.05. The highest BCUT2D eigenvalue weighted by atomic mass is 16.5. The van der Waals surface area contributed by atoms with E-state index in [2.05, 4.69) is 58.5 Å². The van der Waals surface area contributed by atoms with E-state index in [1.807, 2.05) is 62.5 Å². The predicted octanol–water partition coefficient (Wildman–Crippen LogP) is 5.55. The van der Waals surface area contributed by atoms with Gasteiger partial charge in [-0.3, -0.25) is 39.3 Å².